The van der Waals surface area contributed by atoms with Crippen molar-refractivity contribution < 1.29 is 0 Å². The highest BCUT2D eigenvalue weighted by Crippen LogP contribution is 2.29. The molecule has 0 amide bonds. The lowest BCUT2D eigenvalue weighted by Gasteiger charge is -2.30. The lowest BCUT2D eigenvalue weighted by Crippen LogP contribution is -2.39. The summed E-state index contributed by atoms with van der Waals surface area (Å²) in [5.41, 5.74) is 1.45. The molecule has 4 rings (SSSR count). The molecule has 0 aromatic carbocycles. The molecule has 3 aromatic rings. The van der Waals surface area contributed by atoms with Crippen molar-refractivity contribution in [2.45, 2.75) is 25.8 Å². The van der Waals surface area contributed by atoms with Crippen LogP contribution in [0.5, 0.6) is 0 Å². The van der Waals surface area contributed by atoms with Crippen LogP contribution in [0.4, 0.5) is 17.3 Å². The van der Waals surface area contributed by atoms with Crippen LogP contribution in [-0.4, -0.2) is 45.6 Å². The van der Waals surface area contributed by atoms with E-state index in [0.29, 0.717) is 11.7 Å². The molecule has 7 heteroatoms. The Balaban J connectivity index is 1.57. The molecule has 26 heavy (non-hydrogen) atoms. The third kappa shape index (κ3) is 2.94. The van der Waals surface area contributed by atoms with Crippen molar-refractivity contribution in [3.05, 3.63) is 48.3 Å². The summed E-state index contributed by atoms with van der Waals surface area (Å²) in [5, 5.41) is 1.06. The Bertz CT molecular complexity index is 925. The fourth-order valence-corrected chi connectivity index (χ4v) is 3.64. The van der Waals surface area contributed by atoms with E-state index in [-0.39, 0.29) is 0 Å². The van der Waals surface area contributed by atoms with Gasteiger partial charge in [-0.3, -0.25) is 4.98 Å². The molecule has 3 aromatic heterocycles. The van der Waals surface area contributed by atoms with Gasteiger partial charge in [-0.15, -0.1) is 0 Å². The highest BCUT2D eigenvalue weighted by Gasteiger charge is 2.30. The van der Waals surface area contributed by atoms with Gasteiger partial charge in [0.05, 0.1) is 12.0 Å². The van der Waals surface area contributed by atoms with Crippen LogP contribution in [0.2, 0.25) is 0 Å². The first-order valence-corrected chi connectivity index (χ1v) is 8.93. The number of aromatic amines is 1. The Labute approximate surface area is 152 Å². The van der Waals surface area contributed by atoms with Crippen LogP contribution in [-0.2, 0) is 0 Å². The van der Waals surface area contributed by atoms with Crippen LogP contribution in [0, 0.1) is 6.57 Å². The second-order valence-electron chi connectivity index (χ2n) is 6.51. The number of hydrogen-bond acceptors (Lipinski definition) is 5. The molecule has 0 spiro atoms. The van der Waals surface area contributed by atoms with E-state index in [4.69, 9.17) is 6.57 Å². The van der Waals surface area contributed by atoms with Crippen LogP contribution in [0.3, 0.4) is 0 Å². The molecule has 0 radical (unpaired) electrons. The quantitative estimate of drug-likeness (QED) is 0.717. The minimum absolute atomic E-state index is 0.380. The van der Waals surface area contributed by atoms with E-state index in [1.807, 2.05) is 24.4 Å². The van der Waals surface area contributed by atoms with Crippen molar-refractivity contribution in [1.82, 2.24) is 19.9 Å². The van der Waals surface area contributed by atoms with Gasteiger partial charge in [-0.05, 0) is 25.0 Å². The van der Waals surface area contributed by atoms with Crippen LogP contribution in [0.25, 0.3) is 15.9 Å². The van der Waals surface area contributed by atoms with E-state index in [2.05, 4.69) is 41.5 Å². The minimum atomic E-state index is 0.380. The zero-order chi connectivity index (χ0) is 17.9. The average Bonchev–Trinajstić information content (AvgIpc) is 3.35. The maximum Gasteiger partial charge on any atom is 0.205 e. The van der Waals surface area contributed by atoms with Gasteiger partial charge in [-0.25, -0.2) is 14.8 Å². The SMILES string of the molecule is [C-]#[N+]c1ccc(N(CCC)[C@@H]2CCN(c3ncnc4[nH]ccc34)C2)nc1. The Morgan fingerprint density at radius 1 is 1.31 bits per heavy atom. The smallest absolute Gasteiger partial charge is 0.205 e. The maximum atomic E-state index is 7.09. The molecule has 1 fully saturated rings. The first-order chi connectivity index (χ1) is 12.8. The monoisotopic (exact) mass is 347 g/mol. The van der Waals surface area contributed by atoms with E-state index in [0.717, 1.165) is 55.1 Å². The fourth-order valence-electron chi connectivity index (χ4n) is 3.64. The van der Waals surface area contributed by atoms with E-state index in [1.54, 1.807) is 12.5 Å². The summed E-state index contributed by atoms with van der Waals surface area (Å²) in [6, 6.07) is 6.22. The predicted octanol–water partition coefficient (Wildman–Crippen LogP) is 3.40. The van der Waals surface area contributed by atoms with Gasteiger partial charge >= 0.3 is 0 Å². The number of pyridine rings is 1. The van der Waals surface area contributed by atoms with Gasteiger partial charge in [0, 0.05) is 38.1 Å². The number of aromatic nitrogens is 4. The van der Waals surface area contributed by atoms with Crippen molar-refractivity contribution >= 4 is 28.4 Å². The van der Waals surface area contributed by atoms with E-state index < -0.39 is 0 Å². The van der Waals surface area contributed by atoms with Gasteiger partial charge in [-0.2, -0.15) is 0 Å². The topological polar surface area (TPSA) is 65.3 Å². The summed E-state index contributed by atoms with van der Waals surface area (Å²) < 4.78 is 0. The number of nitrogens with one attached hydrogen (secondary N) is 1. The van der Waals surface area contributed by atoms with E-state index >= 15 is 0 Å². The van der Waals surface area contributed by atoms with Gasteiger partial charge in [-0.1, -0.05) is 13.0 Å². The zero-order valence-electron chi connectivity index (χ0n) is 14.8. The second-order valence-corrected chi connectivity index (χ2v) is 6.51. The Morgan fingerprint density at radius 3 is 3.00 bits per heavy atom. The second kappa shape index (κ2) is 7.00. The van der Waals surface area contributed by atoms with Crippen molar-refractivity contribution in [3.8, 4) is 0 Å². The Morgan fingerprint density at radius 2 is 2.23 bits per heavy atom. The molecule has 0 aliphatic carbocycles. The Kier molecular flexibility index (Phi) is 4.40. The number of anilines is 2. The normalized spacial score (nSPS) is 16.8. The first kappa shape index (κ1) is 16.3. The minimum Gasteiger partial charge on any atom is -0.354 e. The highest BCUT2D eigenvalue weighted by atomic mass is 15.3. The Hall–Kier alpha value is -3.14. The van der Waals surface area contributed by atoms with Crippen LogP contribution >= 0.6 is 0 Å². The summed E-state index contributed by atoms with van der Waals surface area (Å²) in [5.74, 6) is 1.94. The molecule has 7 nitrogen and oxygen atoms in total. The molecular weight excluding hydrogens is 326 g/mol. The molecule has 0 unspecified atom stereocenters. The van der Waals surface area contributed by atoms with Crippen molar-refractivity contribution in [2.75, 3.05) is 29.4 Å². The molecule has 4 heterocycles. The molecular formula is C19H21N7. The number of nitrogens with zero attached hydrogens (tertiary/aromatic N) is 6. The van der Waals surface area contributed by atoms with Crippen LogP contribution < -0.4 is 9.80 Å². The van der Waals surface area contributed by atoms with Crippen molar-refractivity contribution in [3.63, 3.8) is 0 Å². The van der Waals surface area contributed by atoms with Gasteiger partial charge in [0.2, 0.25) is 5.69 Å². The van der Waals surface area contributed by atoms with Crippen LogP contribution in [0.15, 0.2) is 36.9 Å². The number of rotatable bonds is 5. The third-order valence-electron chi connectivity index (χ3n) is 4.86. The van der Waals surface area contributed by atoms with Crippen molar-refractivity contribution in [1.29, 1.82) is 0 Å². The third-order valence-corrected chi connectivity index (χ3v) is 4.86. The lowest BCUT2D eigenvalue weighted by molar-refractivity contribution is 0.622. The predicted molar refractivity (Wildman–Crippen MR) is 103 cm³/mol. The molecule has 132 valence electrons. The van der Waals surface area contributed by atoms with Gasteiger partial charge in [0.1, 0.15) is 23.6 Å². The zero-order valence-corrected chi connectivity index (χ0v) is 14.8. The molecule has 1 N–H and O–H groups in total. The molecule has 1 aliphatic heterocycles. The number of H-pyrrole nitrogens is 1. The molecule has 0 saturated carbocycles. The average molecular weight is 347 g/mol. The molecule has 0 bridgehead atoms. The van der Waals surface area contributed by atoms with Crippen molar-refractivity contribution in [2.24, 2.45) is 0 Å². The maximum absolute atomic E-state index is 7.09. The summed E-state index contributed by atoms with van der Waals surface area (Å²) in [6.07, 6.45) is 7.30. The summed E-state index contributed by atoms with van der Waals surface area (Å²) in [6.45, 7) is 12.1. The standard InChI is InChI=1S/C19H21N7/c1-3-9-26(17-5-4-14(20-2)11-22-17)15-7-10-25(12-15)19-16-6-8-21-18(16)23-13-24-19/h4-6,8,11,13,15H,3,7,9-10,12H2,1H3,(H,21,23,24)/t15-/m1/s1. The van der Waals surface area contributed by atoms with Crippen LogP contribution in [0.1, 0.15) is 19.8 Å². The summed E-state index contributed by atoms with van der Waals surface area (Å²) in [7, 11) is 0. The number of fused-ring (bicyclic) bond motifs is 1. The molecule has 1 saturated heterocycles. The van der Waals surface area contributed by atoms with Gasteiger partial charge in [0.15, 0.2) is 0 Å². The van der Waals surface area contributed by atoms with Gasteiger partial charge in [0.25, 0.3) is 0 Å². The first-order valence-electron chi connectivity index (χ1n) is 8.93. The summed E-state index contributed by atoms with van der Waals surface area (Å²) in [4.78, 5) is 24.6. The van der Waals surface area contributed by atoms with Gasteiger partial charge < -0.3 is 14.8 Å². The molecule has 1 aliphatic rings. The van der Waals surface area contributed by atoms with E-state index in [1.165, 1.54) is 0 Å². The summed E-state index contributed by atoms with van der Waals surface area (Å²) >= 11 is 0. The lowest BCUT2D eigenvalue weighted by atomic mass is 10.2. The fraction of sp³-hybridized carbons (Fsp3) is 0.368. The largest absolute Gasteiger partial charge is 0.354 e. The number of hydrogen-bond donors (Lipinski definition) is 1. The molecule has 1 atom stereocenters. The highest BCUT2D eigenvalue weighted by molar-refractivity contribution is 5.87. The van der Waals surface area contributed by atoms with E-state index in [9.17, 15) is 0 Å².